The summed E-state index contributed by atoms with van der Waals surface area (Å²) in [5.74, 6) is -2.16. The van der Waals surface area contributed by atoms with Crippen molar-refractivity contribution in [2.45, 2.75) is 32.7 Å². The molecule has 1 saturated heterocycles. The summed E-state index contributed by atoms with van der Waals surface area (Å²) in [6, 6.07) is -1.10. The second-order valence-corrected chi connectivity index (χ2v) is 4.65. The first-order valence-electron chi connectivity index (χ1n) is 6.21. The lowest BCUT2D eigenvalue weighted by atomic mass is 10.3. The van der Waals surface area contributed by atoms with E-state index in [0.29, 0.717) is 5.06 Å². The second-order valence-electron chi connectivity index (χ2n) is 4.65. The number of carbonyl (C=O) groups excluding carboxylic acids is 3. The predicted molar refractivity (Wildman–Crippen MR) is 67.9 cm³/mol. The Balaban J connectivity index is 2.22. The number of imide groups is 1. The van der Waals surface area contributed by atoms with Crippen LogP contribution in [0.25, 0.3) is 0 Å². The minimum absolute atomic E-state index is 0.0157. The average Bonchev–Trinajstić information content (AvgIpc) is 2.74. The molecule has 21 heavy (non-hydrogen) atoms. The number of hydrogen-bond donors (Lipinski definition) is 1. The predicted octanol–water partition coefficient (Wildman–Crippen LogP) is -0.987. The Kier molecular flexibility index (Phi) is 3.74. The van der Waals surface area contributed by atoms with E-state index in [1.807, 2.05) is 0 Å². The first-order valence-corrected chi connectivity index (χ1v) is 6.21. The van der Waals surface area contributed by atoms with Gasteiger partial charge in [-0.2, -0.15) is 0 Å². The number of carbonyl (C=O) groups is 3. The van der Waals surface area contributed by atoms with Gasteiger partial charge in [0.15, 0.2) is 0 Å². The first kappa shape index (κ1) is 14.7. The second kappa shape index (κ2) is 5.35. The Bertz CT molecular complexity index is 715. The summed E-state index contributed by atoms with van der Waals surface area (Å²) in [5.41, 5.74) is -1.10. The van der Waals surface area contributed by atoms with Crippen LogP contribution in [0.5, 0.6) is 0 Å². The monoisotopic (exact) mass is 295 g/mol. The molecule has 112 valence electrons. The van der Waals surface area contributed by atoms with Crippen molar-refractivity contribution < 1.29 is 19.2 Å². The first-order chi connectivity index (χ1) is 9.81. The summed E-state index contributed by atoms with van der Waals surface area (Å²) < 4.78 is 0.962. The smallest absolute Gasteiger partial charge is 0.328 e. The van der Waals surface area contributed by atoms with E-state index in [0.717, 1.165) is 4.57 Å². The molecule has 0 bridgehead atoms. The van der Waals surface area contributed by atoms with Gasteiger partial charge in [0.05, 0.1) is 0 Å². The van der Waals surface area contributed by atoms with Crippen LogP contribution in [0.15, 0.2) is 15.8 Å². The normalized spacial score (nSPS) is 16.2. The van der Waals surface area contributed by atoms with Crippen LogP contribution in [-0.2, 0) is 19.2 Å². The molecule has 1 N–H and O–H groups in total. The van der Waals surface area contributed by atoms with Gasteiger partial charge in [0.2, 0.25) is 0 Å². The maximum absolute atomic E-state index is 11.9. The average molecular weight is 295 g/mol. The van der Waals surface area contributed by atoms with Gasteiger partial charge in [-0.15, -0.1) is 5.06 Å². The molecule has 1 aliphatic heterocycles. The van der Waals surface area contributed by atoms with Gasteiger partial charge in [0, 0.05) is 24.6 Å². The number of hydroxylamine groups is 2. The molecule has 9 heteroatoms. The highest BCUT2D eigenvalue weighted by molar-refractivity contribution is 6.01. The number of aromatic nitrogens is 2. The Morgan fingerprint density at radius 1 is 1.24 bits per heavy atom. The number of nitrogens with zero attached hydrogens (tertiary/aromatic N) is 2. The molecule has 2 heterocycles. The van der Waals surface area contributed by atoms with Crippen LogP contribution in [0, 0.1) is 6.92 Å². The quantitative estimate of drug-likeness (QED) is 0.715. The standard InChI is InChI=1S/C12H13N3O6/c1-6-5-14(12(20)13-10(6)18)7(2)11(19)21-15-8(16)3-4-9(15)17/h5,7H,3-4H2,1-2H3,(H,13,18,20). The van der Waals surface area contributed by atoms with E-state index in [4.69, 9.17) is 4.84 Å². The minimum atomic E-state index is -1.10. The van der Waals surface area contributed by atoms with Gasteiger partial charge in [0.1, 0.15) is 6.04 Å². The van der Waals surface area contributed by atoms with Crippen molar-refractivity contribution in [1.82, 2.24) is 14.6 Å². The number of rotatable bonds is 3. The van der Waals surface area contributed by atoms with Gasteiger partial charge in [-0.25, -0.2) is 9.59 Å². The van der Waals surface area contributed by atoms with Crippen molar-refractivity contribution in [2.24, 2.45) is 0 Å². The minimum Gasteiger partial charge on any atom is -0.328 e. The Morgan fingerprint density at radius 2 is 1.81 bits per heavy atom. The number of nitrogens with one attached hydrogen (secondary N) is 1. The molecular formula is C12H13N3O6. The third kappa shape index (κ3) is 2.76. The van der Waals surface area contributed by atoms with Gasteiger partial charge in [-0.05, 0) is 13.8 Å². The third-order valence-electron chi connectivity index (χ3n) is 3.09. The maximum Gasteiger partial charge on any atom is 0.355 e. The summed E-state index contributed by atoms with van der Waals surface area (Å²) in [7, 11) is 0. The molecule has 1 atom stereocenters. The van der Waals surface area contributed by atoms with Crippen LogP contribution in [0.1, 0.15) is 31.4 Å². The number of aromatic amines is 1. The summed E-state index contributed by atoms with van der Waals surface area (Å²) >= 11 is 0. The molecule has 1 fully saturated rings. The Hall–Kier alpha value is -2.71. The van der Waals surface area contributed by atoms with E-state index in [1.165, 1.54) is 20.0 Å². The van der Waals surface area contributed by atoms with Gasteiger partial charge in [-0.3, -0.25) is 23.9 Å². The van der Waals surface area contributed by atoms with Gasteiger partial charge < -0.3 is 4.84 Å². The van der Waals surface area contributed by atoms with E-state index in [9.17, 15) is 24.0 Å². The van der Waals surface area contributed by atoms with Crippen molar-refractivity contribution in [3.63, 3.8) is 0 Å². The molecule has 0 radical (unpaired) electrons. The number of H-pyrrole nitrogens is 1. The van der Waals surface area contributed by atoms with Crippen LogP contribution < -0.4 is 11.2 Å². The number of aryl methyl sites for hydroxylation is 1. The van der Waals surface area contributed by atoms with Crippen LogP contribution in [0.3, 0.4) is 0 Å². The van der Waals surface area contributed by atoms with Crippen LogP contribution in [-0.4, -0.2) is 32.4 Å². The molecule has 1 aromatic rings. The van der Waals surface area contributed by atoms with E-state index < -0.39 is 35.1 Å². The Morgan fingerprint density at radius 3 is 2.38 bits per heavy atom. The summed E-state index contributed by atoms with van der Waals surface area (Å²) in [4.78, 5) is 64.3. The van der Waals surface area contributed by atoms with Gasteiger partial charge in [0.25, 0.3) is 17.4 Å². The zero-order valence-corrected chi connectivity index (χ0v) is 11.4. The van der Waals surface area contributed by atoms with E-state index in [2.05, 4.69) is 4.98 Å². The Labute approximate surface area is 118 Å². The van der Waals surface area contributed by atoms with E-state index in [1.54, 1.807) is 0 Å². The lowest BCUT2D eigenvalue weighted by molar-refractivity contribution is -0.199. The fourth-order valence-corrected chi connectivity index (χ4v) is 1.81. The highest BCUT2D eigenvalue weighted by atomic mass is 16.7. The van der Waals surface area contributed by atoms with E-state index >= 15 is 0 Å². The third-order valence-corrected chi connectivity index (χ3v) is 3.09. The largest absolute Gasteiger partial charge is 0.355 e. The lowest BCUT2D eigenvalue weighted by Crippen LogP contribution is -2.39. The van der Waals surface area contributed by atoms with Gasteiger partial charge in [-0.1, -0.05) is 0 Å². The zero-order chi connectivity index (χ0) is 15.7. The number of hydrogen-bond acceptors (Lipinski definition) is 6. The summed E-state index contributed by atoms with van der Waals surface area (Å²) in [6.45, 7) is 2.83. The SMILES string of the molecule is Cc1cn(C(C)C(=O)ON2C(=O)CCC2=O)c(=O)[nH]c1=O. The highest BCUT2D eigenvalue weighted by Crippen LogP contribution is 2.15. The molecule has 2 rings (SSSR count). The molecule has 1 aliphatic rings. The highest BCUT2D eigenvalue weighted by Gasteiger charge is 2.34. The molecule has 0 aliphatic carbocycles. The van der Waals surface area contributed by atoms with E-state index in [-0.39, 0.29) is 18.4 Å². The molecule has 1 unspecified atom stereocenters. The molecule has 0 spiro atoms. The van der Waals surface area contributed by atoms with Crippen molar-refractivity contribution in [3.05, 3.63) is 32.6 Å². The number of amides is 2. The zero-order valence-electron chi connectivity index (χ0n) is 11.4. The van der Waals surface area contributed by atoms with Crippen molar-refractivity contribution in [1.29, 1.82) is 0 Å². The summed E-state index contributed by atoms with van der Waals surface area (Å²) in [5, 5.41) is 0.405. The lowest BCUT2D eigenvalue weighted by Gasteiger charge is -2.17. The molecule has 1 aromatic heterocycles. The molecule has 2 amide bonds. The van der Waals surface area contributed by atoms with Crippen LogP contribution in [0.4, 0.5) is 0 Å². The molecule has 0 saturated carbocycles. The topological polar surface area (TPSA) is 119 Å². The molecular weight excluding hydrogens is 282 g/mol. The molecule has 0 aromatic carbocycles. The van der Waals surface area contributed by atoms with Crippen molar-refractivity contribution >= 4 is 17.8 Å². The fraction of sp³-hybridized carbons (Fsp3) is 0.417. The van der Waals surface area contributed by atoms with Crippen molar-refractivity contribution in [2.75, 3.05) is 0 Å². The molecule has 9 nitrogen and oxygen atoms in total. The van der Waals surface area contributed by atoms with Crippen molar-refractivity contribution in [3.8, 4) is 0 Å². The summed E-state index contributed by atoms with van der Waals surface area (Å²) in [6.07, 6.45) is 1.18. The maximum atomic E-state index is 11.9. The van der Waals surface area contributed by atoms with Crippen LogP contribution in [0.2, 0.25) is 0 Å². The fourth-order valence-electron chi connectivity index (χ4n) is 1.81. The van der Waals surface area contributed by atoms with Gasteiger partial charge >= 0.3 is 11.7 Å². The van der Waals surface area contributed by atoms with Crippen LogP contribution >= 0.6 is 0 Å².